The van der Waals surface area contributed by atoms with Crippen molar-refractivity contribution >= 4 is 6.29 Å². The van der Waals surface area contributed by atoms with E-state index in [2.05, 4.69) is 6.58 Å². The molecule has 0 aromatic heterocycles. The first kappa shape index (κ1) is 9.87. The van der Waals surface area contributed by atoms with Crippen molar-refractivity contribution in [2.45, 2.75) is 31.5 Å². The highest BCUT2D eigenvalue weighted by molar-refractivity contribution is 5.62. The smallest absolute Gasteiger partial charge is 0.180 e. The molecule has 1 heterocycles. The van der Waals surface area contributed by atoms with Gasteiger partial charge in [0.05, 0.1) is 18.6 Å². The molecule has 0 radical (unpaired) electrons. The highest BCUT2D eigenvalue weighted by Crippen LogP contribution is 2.52. The zero-order valence-corrected chi connectivity index (χ0v) is 8.33. The van der Waals surface area contributed by atoms with Crippen LogP contribution in [-0.4, -0.2) is 25.3 Å². The first-order chi connectivity index (χ1) is 6.79. The minimum absolute atomic E-state index is 0.481. The van der Waals surface area contributed by atoms with Gasteiger partial charge in [0.15, 0.2) is 5.79 Å². The van der Waals surface area contributed by atoms with Crippen LogP contribution in [0.1, 0.15) is 25.7 Å². The lowest BCUT2D eigenvalue weighted by Gasteiger charge is -2.36. The molecule has 3 nitrogen and oxygen atoms in total. The molecule has 1 spiro atoms. The molecule has 14 heavy (non-hydrogen) atoms. The molecule has 0 aromatic rings. The normalized spacial score (nSPS) is 34.9. The Morgan fingerprint density at radius 3 is 2.57 bits per heavy atom. The second-order valence-corrected chi connectivity index (χ2v) is 4.07. The monoisotopic (exact) mass is 196 g/mol. The molecule has 0 bridgehead atoms. The number of hydrogen-bond acceptors (Lipinski definition) is 3. The summed E-state index contributed by atoms with van der Waals surface area (Å²) in [6.07, 6.45) is 6.12. The topological polar surface area (TPSA) is 35.5 Å². The van der Waals surface area contributed by atoms with Crippen molar-refractivity contribution in [3.05, 3.63) is 12.7 Å². The quantitative estimate of drug-likeness (QED) is 0.509. The number of carbonyl (C=O) groups is 1. The van der Waals surface area contributed by atoms with Crippen LogP contribution >= 0.6 is 0 Å². The third-order valence-corrected chi connectivity index (χ3v) is 3.38. The minimum Gasteiger partial charge on any atom is -0.346 e. The van der Waals surface area contributed by atoms with Gasteiger partial charge in [-0.2, -0.15) is 0 Å². The Balaban J connectivity index is 2.29. The van der Waals surface area contributed by atoms with Crippen LogP contribution in [0.2, 0.25) is 0 Å². The van der Waals surface area contributed by atoms with E-state index in [0.717, 1.165) is 25.5 Å². The van der Waals surface area contributed by atoms with E-state index in [4.69, 9.17) is 9.47 Å². The molecule has 3 heteroatoms. The molecule has 1 saturated heterocycles. The van der Waals surface area contributed by atoms with E-state index in [9.17, 15) is 4.79 Å². The van der Waals surface area contributed by atoms with Crippen LogP contribution in [0.4, 0.5) is 0 Å². The highest BCUT2D eigenvalue weighted by atomic mass is 16.7. The zero-order valence-electron chi connectivity index (χ0n) is 8.33. The van der Waals surface area contributed by atoms with Gasteiger partial charge >= 0.3 is 0 Å². The van der Waals surface area contributed by atoms with E-state index in [1.165, 1.54) is 0 Å². The van der Waals surface area contributed by atoms with E-state index < -0.39 is 11.2 Å². The van der Waals surface area contributed by atoms with E-state index in [-0.39, 0.29) is 0 Å². The fraction of sp³-hybridized carbons (Fsp3) is 0.727. The molecular weight excluding hydrogens is 180 g/mol. The van der Waals surface area contributed by atoms with Crippen molar-refractivity contribution in [1.29, 1.82) is 0 Å². The van der Waals surface area contributed by atoms with Crippen LogP contribution in [0.3, 0.4) is 0 Å². The molecule has 0 amide bonds. The summed E-state index contributed by atoms with van der Waals surface area (Å²) in [7, 11) is 0. The van der Waals surface area contributed by atoms with Crippen molar-refractivity contribution < 1.29 is 14.3 Å². The van der Waals surface area contributed by atoms with Crippen LogP contribution in [0.25, 0.3) is 0 Å². The van der Waals surface area contributed by atoms with Crippen LogP contribution in [0.15, 0.2) is 12.7 Å². The van der Waals surface area contributed by atoms with Gasteiger partial charge in [-0.05, 0) is 19.3 Å². The molecule has 2 aliphatic rings. The molecule has 2 fully saturated rings. The summed E-state index contributed by atoms with van der Waals surface area (Å²) in [6, 6.07) is 0. The number of allylic oxidation sites excluding steroid dienone is 1. The molecule has 0 aromatic carbocycles. The molecule has 1 unspecified atom stereocenters. The Labute approximate surface area is 84.1 Å². The van der Waals surface area contributed by atoms with E-state index >= 15 is 0 Å². The van der Waals surface area contributed by atoms with Crippen molar-refractivity contribution in [3.63, 3.8) is 0 Å². The lowest BCUT2D eigenvalue weighted by atomic mass is 9.79. The Hall–Kier alpha value is -0.670. The third-order valence-electron chi connectivity index (χ3n) is 3.38. The summed E-state index contributed by atoms with van der Waals surface area (Å²) in [4.78, 5) is 11.3. The zero-order chi connectivity index (χ0) is 10.1. The molecule has 1 atom stereocenters. The highest BCUT2D eigenvalue weighted by Gasteiger charge is 2.58. The largest absolute Gasteiger partial charge is 0.346 e. The Morgan fingerprint density at radius 1 is 1.29 bits per heavy atom. The lowest BCUT2D eigenvalue weighted by molar-refractivity contribution is -0.212. The van der Waals surface area contributed by atoms with Crippen LogP contribution < -0.4 is 0 Å². The lowest BCUT2D eigenvalue weighted by Crippen LogP contribution is -2.46. The molecular formula is C11H16O3. The van der Waals surface area contributed by atoms with Gasteiger partial charge < -0.3 is 14.3 Å². The summed E-state index contributed by atoms with van der Waals surface area (Å²) in [6.45, 7) is 4.91. The second-order valence-electron chi connectivity index (χ2n) is 4.07. The number of hydrogen-bond donors (Lipinski definition) is 0. The summed E-state index contributed by atoms with van der Waals surface area (Å²) in [5, 5.41) is 0. The van der Waals surface area contributed by atoms with Crippen LogP contribution in [-0.2, 0) is 14.3 Å². The second kappa shape index (κ2) is 3.48. The van der Waals surface area contributed by atoms with Crippen molar-refractivity contribution in [2.24, 2.45) is 5.41 Å². The maximum Gasteiger partial charge on any atom is 0.180 e. The summed E-state index contributed by atoms with van der Waals surface area (Å²) >= 11 is 0. The van der Waals surface area contributed by atoms with E-state index in [1.54, 1.807) is 6.08 Å². The van der Waals surface area contributed by atoms with Gasteiger partial charge in [-0.3, -0.25) is 0 Å². The maximum atomic E-state index is 11.3. The number of carbonyl (C=O) groups excluding carboxylic acids is 1. The third kappa shape index (κ3) is 1.16. The SMILES string of the molecule is C=CCC1(C=O)CCCC12OCCO2. The Bertz CT molecular complexity index is 237. The van der Waals surface area contributed by atoms with Crippen molar-refractivity contribution in [1.82, 2.24) is 0 Å². The van der Waals surface area contributed by atoms with E-state index in [0.29, 0.717) is 19.6 Å². The maximum absolute atomic E-state index is 11.3. The molecule has 78 valence electrons. The predicted octanol–water partition coefficient (Wildman–Crippen LogP) is 1.67. The predicted molar refractivity (Wildman–Crippen MR) is 51.8 cm³/mol. The van der Waals surface area contributed by atoms with Gasteiger partial charge in [0.25, 0.3) is 0 Å². The molecule has 0 N–H and O–H groups in total. The Kier molecular flexibility index (Phi) is 2.45. The average Bonchev–Trinajstić information content (AvgIpc) is 2.78. The van der Waals surface area contributed by atoms with Gasteiger partial charge in [-0.15, -0.1) is 6.58 Å². The number of aldehydes is 1. The number of ether oxygens (including phenoxy) is 2. The van der Waals surface area contributed by atoms with Crippen molar-refractivity contribution in [3.8, 4) is 0 Å². The van der Waals surface area contributed by atoms with Gasteiger partial charge in [0.2, 0.25) is 0 Å². The van der Waals surface area contributed by atoms with Gasteiger partial charge in [0.1, 0.15) is 6.29 Å². The van der Waals surface area contributed by atoms with Crippen LogP contribution in [0.5, 0.6) is 0 Å². The fourth-order valence-electron chi connectivity index (χ4n) is 2.67. The first-order valence-corrected chi connectivity index (χ1v) is 5.14. The van der Waals surface area contributed by atoms with Crippen molar-refractivity contribution in [2.75, 3.05) is 13.2 Å². The van der Waals surface area contributed by atoms with Gasteiger partial charge in [-0.1, -0.05) is 6.08 Å². The Morgan fingerprint density at radius 2 is 2.00 bits per heavy atom. The number of rotatable bonds is 3. The fourth-order valence-corrected chi connectivity index (χ4v) is 2.67. The molecule has 1 aliphatic carbocycles. The summed E-state index contributed by atoms with van der Waals surface area (Å²) in [5.41, 5.74) is -0.481. The van der Waals surface area contributed by atoms with Crippen LogP contribution in [0, 0.1) is 5.41 Å². The molecule has 1 saturated carbocycles. The first-order valence-electron chi connectivity index (χ1n) is 5.14. The average molecular weight is 196 g/mol. The molecule has 2 rings (SSSR count). The van der Waals surface area contributed by atoms with Gasteiger partial charge in [-0.25, -0.2) is 0 Å². The standard InChI is InChI=1S/C11H16O3/c1-2-4-10(9-12)5-3-6-11(10)13-7-8-14-11/h2,9H,1,3-8H2. The minimum atomic E-state index is -0.636. The summed E-state index contributed by atoms with van der Waals surface area (Å²) in [5.74, 6) is -0.636. The van der Waals surface area contributed by atoms with Gasteiger partial charge in [0, 0.05) is 6.42 Å². The van der Waals surface area contributed by atoms with E-state index in [1.807, 2.05) is 0 Å². The summed E-state index contributed by atoms with van der Waals surface area (Å²) < 4.78 is 11.3. The molecule has 1 aliphatic heterocycles.